The van der Waals surface area contributed by atoms with Crippen molar-refractivity contribution in [3.8, 4) is 5.75 Å². The largest absolute Gasteiger partial charge is 0.492 e. The van der Waals surface area contributed by atoms with Gasteiger partial charge in [0.05, 0.1) is 25.8 Å². The third kappa shape index (κ3) is 8.29. The van der Waals surface area contributed by atoms with Crippen molar-refractivity contribution in [2.75, 3.05) is 26.8 Å². The molecule has 0 heterocycles. The summed E-state index contributed by atoms with van der Waals surface area (Å²) in [7, 11) is 1.37. The van der Waals surface area contributed by atoms with Gasteiger partial charge in [0, 0.05) is 6.54 Å². The summed E-state index contributed by atoms with van der Waals surface area (Å²) < 4.78 is 10.3. The Morgan fingerprint density at radius 3 is 2.37 bits per heavy atom. The summed E-state index contributed by atoms with van der Waals surface area (Å²) in [6, 6.07) is 16.9. The van der Waals surface area contributed by atoms with E-state index in [1.807, 2.05) is 49.4 Å². The second-order valence-corrected chi connectivity index (χ2v) is 5.47. The highest BCUT2D eigenvalue weighted by molar-refractivity contribution is 14.0. The number of hydrogen-bond donors (Lipinski definition) is 2. The van der Waals surface area contributed by atoms with Crippen LogP contribution in [0.5, 0.6) is 5.75 Å². The van der Waals surface area contributed by atoms with Crippen molar-refractivity contribution in [3.05, 3.63) is 65.7 Å². The molecule has 0 aliphatic heterocycles. The van der Waals surface area contributed by atoms with Crippen LogP contribution in [0.1, 0.15) is 22.8 Å². The average molecular weight is 483 g/mol. The number of carbonyl (C=O) groups is 1. The molecule has 0 radical (unpaired) electrons. The second kappa shape index (κ2) is 13.0. The Kier molecular flexibility index (Phi) is 10.9. The summed E-state index contributed by atoms with van der Waals surface area (Å²) in [6.07, 6.45) is 0. The Bertz CT molecular complexity index is 706. The minimum Gasteiger partial charge on any atom is -0.492 e. The molecule has 2 aromatic carbocycles. The average Bonchev–Trinajstić information content (AvgIpc) is 2.70. The number of hydrogen-bond acceptors (Lipinski definition) is 4. The lowest BCUT2D eigenvalue weighted by Crippen LogP contribution is -2.39. The maximum absolute atomic E-state index is 11.4. The molecule has 0 saturated heterocycles. The smallest absolute Gasteiger partial charge is 0.337 e. The first kappa shape index (κ1) is 22.8. The number of esters is 1. The van der Waals surface area contributed by atoms with Crippen LogP contribution < -0.4 is 15.4 Å². The summed E-state index contributed by atoms with van der Waals surface area (Å²) in [4.78, 5) is 16.0. The van der Waals surface area contributed by atoms with Crippen LogP contribution in [0.25, 0.3) is 0 Å². The molecule has 0 atom stereocenters. The fourth-order valence-corrected chi connectivity index (χ4v) is 2.23. The Labute approximate surface area is 177 Å². The number of para-hydroxylation sites is 1. The first-order valence-electron chi connectivity index (χ1n) is 8.60. The maximum Gasteiger partial charge on any atom is 0.337 e. The quantitative estimate of drug-likeness (QED) is 0.198. The molecule has 0 unspecified atom stereocenters. The molecule has 2 rings (SSSR count). The minimum absolute atomic E-state index is 0. The zero-order chi connectivity index (χ0) is 18.6. The normalized spacial score (nSPS) is 10.5. The summed E-state index contributed by atoms with van der Waals surface area (Å²) in [5.74, 6) is 1.23. The van der Waals surface area contributed by atoms with E-state index in [1.165, 1.54) is 7.11 Å². The molecule has 0 fully saturated rings. The molecular formula is C20H26IN3O3. The Morgan fingerprint density at radius 1 is 1.04 bits per heavy atom. The molecule has 0 aliphatic carbocycles. The van der Waals surface area contributed by atoms with Gasteiger partial charge in [-0.05, 0) is 36.8 Å². The standard InChI is InChI=1S/C20H25N3O3.HI/c1-3-21-20(22-13-14-26-18-7-5-4-6-8-18)23-15-16-9-11-17(12-10-16)19(24)25-2;/h4-12H,3,13-15H2,1-2H3,(H2,21,22,23);1H. The lowest BCUT2D eigenvalue weighted by atomic mass is 10.1. The monoisotopic (exact) mass is 483 g/mol. The van der Waals surface area contributed by atoms with Gasteiger partial charge in [-0.25, -0.2) is 9.79 Å². The first-order chi connectivity index (χ1) is 12.7. The highest BCUT2D eigenvalue weighted by Gasteiger charge is 2.04. The summed E-state index contributed by atoms with van der Waals surface area (Å²) in [5.41, 5.74) is 1.54. The number of carbonyl (C=O) groups excluding carboxylic acids is 1. The molecule has 0 aliphatic rings. The molecule has 146 valence electrons. The van der Waals surface area contributed by atoms with E-state index in [0.717, 1.165) is 23.8 Å². The van der Waals surface area contributed by atoms with Crippen LogP contribution in [0.2, 0.25) is 0 Å². The molecule has 2 aromatic rings. The van der Waals surface area contributed by atoms with Gasteiger partial charge in [-0.1, -0.05) is 30.3 Å². The number of rotatable bonds is 8. The zero-order valence-electron chi connectivity index (χ0n) is 15.6. The lowest BCUT2D eigenvalue weighted by Gasteiger charge is -2.12. The molecular weight excluding hydrogens is 457 g/mol. The SMILES string of the molecule is CCNC(=NCc1ccc(C(=O)OC)cc1)NCCOc1ccccc1.I. The molecule has 0 aromatic heterocycles. The maximum atomic E-state index is 11.4. The zero-order valence-corrected chi connectivity index (χ0v) is 17.9. The van der Waals surface area contributed by atoms with Gasteiger partial charge in [-0.15, -0.1) is 24.0 Å². The summed E-state index contributed by atoms with van der Waals surface area (Å²) in [5, 5.41) is 6.44. The third-order valence-corrected chi connectivity index (χ3v) is 3.55. The molecule has 0 saturated carbocycles. The van der Waals surface area contributed by atoms with Gasteiger partial charge in [0.15, 0.2) is 5.96 Å². The Morgan fingerprint density at radius 2 is 1.74 bits per heavy atom. The molecule has 7 heteroatoms. The molecule has 27 heavy (non-hydrogen) atoms. The van der Waals surface area contributed by atoms with Crippen molar-refractivity contribution in [3.63, 3.8) is 0 Å². The van der Waals surface area contributed by atoms with E-state index in [0.29, 0.717) is 25.3 Å². The number of aliphatic imine (C=N–C) groups is 1. The van der Waals surface area contributed by atoms with E-state index >= 15 is 0 Å². The fraction of sp³-hybridized carbons (Fsp3) is 0.300. The van der Waals surface area contributed by atoms with E-state index in [9.17, 15) is 4.79 Å². The van der Waals surface area contributed by atoms with Gasteiger partial charge in [0.1, 0.15) is 12.4 Å². The van der Waals surface area contributed by atoms with Crippen LogP contribution >= 0.6 is 24.0 Å². The van der Waals surface area contributed by atoms with Gasteiger partial charge in [-0.3, -0.25) is 0 Å². The van der Waals surface area contributed by atoms with Crippen LogP contribution in [0.15, 0.2) is 59.6 Å². The Balaban J connectivity index is 0.00000364. The number of halogens is 1. The van der Waals surface area contributed by atoms with Crippen molar-refractivity contribution in [2.45, 2.75) is 13.5 Å². The number of benzene rings is 2. The van der Waals surface area contributed by atoms with E-state index in [2.05, 4.69) is 15.6 Å². The van der Waals surface area contributed by atoms with Crippen molar-refractivity contribution in [1.29, 1.82) is 0 Å². The molecule has 0 spiro atoms. The summed E-state index contributed by atoms with van der Waals surface area (Å²) in [6.45, 7) is 4.48. The van der Waals surface area contributed by atoms with Crippen LogP contribution in [0.4, 0.5) is 0 Å². The number of guanidine groups is 1. The predicted octanol–water partition coefficient (Wildman–Crippen LogP) is 3.23. The van der Waals surface area contributed by atoms with E-state index in [1.54, 1.807) is 12.1 Å². The van der Waals surface area contributed by atoms with Gasteiger partial charge < -0.3 is 20.1 Å². The van der Waals surface area contributed by atoms with Crippen LogP contribution in [-0.4, -0.2) is 38.7 Å². The van der Waals surface area contributed by atoms with Crippen LogP contribution in [-0.2, 0) is 11.3 Å². The number of ether oxygens (including phenoxy) is 2. The van der Waals surface area contributed by atoms with Gasteiger partial charge in [0.2, 0.25) is 0 Å². The number of nitrogens with zero attached hydrogens (tertiary/aromatic N) is 1. The molecule has 6 nitrogen and oxygen atoms in total. The molecule has 0 bridgehead atoms. The van der Waals surface area contributed by atoms with E-state index in [-0.39, 0.29) is 29.9 Å². The Hall–Kier alpha value is -2.29. The van der Waals surface area contributed by atoms with Gasteiger partial charge in [-0.2, -0.15) is 0 Å². The predicted molar refractivity (Wildman–Crippen MR) is 118 cm³/mol. The van der Waals surface area contributed by atoms with Gasteiger partial charge >= 0.3 is 5.97 Å². The van der Waals surface area contributed by atoms with Gasteiger partial charge in [0.25, 0.3) is 0 Å². The van der Waals surface area contributed by atoms with E-state index in [4.69, 9.17) is 9.47 Å². The van der Waals surface area contributed by atoms with Crippen LogP contribution in [0.3, 0.4) is 0 Å². The first-order valence-corrected chi connectivity index (χ1v) is 8.60. The highest BCUT2D eigenvalue weighted by atomic mass is 127. The summed E-state index contributed by atoms with van der Waals surface area (Å²) >= 11 is 0. The van der Waals surface area contributed by atoms with Crippen LogP contribution in [0, 0.1) is 0 Å². The molecule has 0 amide bonds. The second-order valence-electron chi connectivity index (χ2n) is 5.47. The topological polar surface area (TPSA) is 72.0 Å². The number of methoxy groups -OCH3 is 1. The minimum atomic E-state index is -0.339. The fourth-order valence-electron chi connectivity index (χ4n) is 2.23. The third-order valence-electron chi connectivity index (χ3n) is 3.55. The van der Waals surface area contributed by atoms with Crippen molar-refractivity contribution < 1.29 is 14.3 Å². The van der Waals surface area contributed by atoms with Crippen molar-refractivity contribution >= 4 is 35.9 Å². The number of nitrogens with one attached hydrogen (secondary N) is 2. The van der Waals surface area contributed by atoms with Crippen molar-refractivity contribution in [2.24, 2.45) is 4.99 Å². The molecule has 2 N–H and O–H groups in total. The van der Waals surface area contributed by atoms with Crippen molar-refractivity contribution in [1.82, 2.24) is 10.6 Å². The highest BCUT2D eigenvalue weighted by Crippen LogP contribution is 2.08. The van der Waals surface area contributed by atoms with E-state index < -0.39 is 0 Å². The lowest BCUT2D eigenvalue weighted by molar-refractivity contribution is 0.0600.